The molecule has 0 saturated heterocycles. The third-order valence-corrected chi connectivity index (χ3v) is 2.35. The number of hydrogen-bond acceptors (Lipinski definition) is 4. The third-order valence-electron chi connectivity index (χ3n) is 2.35. The van der Waals surface area contributed by atoms with Crippen molar-refractivity contribution < 1.29 is 19.4 Å². The average Bonchev–Trinajstić information content (AvgIpc) is 2.17. The first-order valence-electron chi connectivity index (χ1n) is 4.68. The zero-order chi connectivity index (χ0) is 10.8. The van der Waals surface area contributed by atoms with E-state index in [0.717, 1.165) is 6.29 Å². The normalized spacial score (nSPS) is 19.2. The Balaban J connectivity index is 2.36. The maximum Gasteiger partial charge on any atom is 0.174 e. The lowest BCUT2D eigenvalue weighted by Crippen LogP contribution is -2.27. The van der Waals surface area contributed by atoms with E-state index in [9.17, 15) is 14.7 Å². The first kappa shape index (κ1) is 9.71. The molecule has 2 rings (SSSR count). The molecule has 1 aliphatic rings. The number of phenolic OH excluding ortho intramolecular Hbond substituents is 1. The number of carbonyl (C=O) groups excluding carboxylic acids is 2. The standard InChI is InChI=1S/C11H10O4/c12-5-4-7-6-9(14)11-8(13)2-1-3-10(11)15-7/h1-3,5,7,13H,4,6H2. The van der Waals surface area contributed by atoms with E-state index >= 15 is 0 Å². The highest BCUT2D eigenvalue weighted by atomic mass is 16.5. The predicted octanol–water partition coefficient (Wildman–Crippen LogP) is 1.31. The highest BCUT2D eigenvalue weighted by molar-refractivity contribution is 6.02. The zero-order valence-electron chi connectivity index (χ0n) is 7.97. The Morgan fingerprint density at radius 3 is 3.07 bits per heavy atom. The molecular formula is C11H10O4. The van der Waals surface area contributed by atoms with Crippen molar-refractivity contribution in [3.05, 3.63) is 23.8 Å². The molecule has 78 valence electrons. The summed E-state index contributed by atoms with van der Waals surface area (Å²) in [5.41, 5.74) is 0.222. The van der Waals surface area contributed by atoms with Crippen LogP contribution < -0.4 is 4.74 Å². The fourth-order valence-corrected chi connectivity index (χ4v) is 1.67. The number of ketones is 1. The molecule has 0 fully saturated rings. The molecule has 15 heavy (non-hydrogen) atoms. The van der Waals surface area contributed by atoms with Crippen molar-refractivity contribution in [1.82, 2.24) is 0 Å². The Morgan fingerprint density at radius 1 is 1.53 bits per heavy atom. The van der Waals surface area contributed by atoms with Gasteiger partial charge in [-0.1, -0.05) is 6.07 Å². The van der Waals surface area contributed by atoms with Gasteiger partial charge in [-0.05, 0) is 12.1 Å². The van der Waals surface area contributed by atoms with Crippen molar-refractivity contribution >= 4 is 12.1 Å². The van der Waals surface area contributed by atoms with Crippen molar-refractivity contribution in [2.45, 2.75) is 18.9 Å². The van der Waals surface area contributed by atoms with Gasteiger partial charge in [-0.3, -0.25) is 4.79 Å². The van der Waals surface area contributed by atoms with Crippen LogP contribution in [0.3, 0.4) is 0 Å². The van der Waals surface area contributed by atoms with Crippen molar-refractivity contribution in [3.8, 4) is 11.5 Å². The van der Waals surface area contributed by atoms with Gasteiger partial charge in [0.15, 0.2) is 5.78 Å². The van der Waals surface area contributed by atoms with Crippen LogP contribution in [0.25, 0.3) is 0 Å². The van der Waals surface area contributed by atoms with Gasteiger partial charge in [0.1, 0.15) is 29.5 Å². The molecule has 1 aromatic carbocycles. The Kier molecular flexibility index (Phi) is 2.41. The molecule has 1 heterocycles. The van der Waals surface area contributed by atoms with E-state index in [4.69, 9.17) is 4.74 Å². The Bertz CT molecular complexity index is 411. The van der Waals surface area contributed by atoms with E-state index < -0.39 is 6.10 Å². The maximum atomic E-state index is 11.6. The predicted molar refractivity (Wildman–Crippen MR) is 52.2 cm³/mol. The Labute approximate surface area is 86.5 Å². The van der Waals surface area contributed by atoms with Gasteiger partial charge in [-0.25, -0.2) is 0 Å². The van der Waals surface area contributed by atoms with Gasteiger partial charge in [-0.15, -0.1) is 0 Å². The lowest BCUT2D eigenvalue weighted by molar-refractivity contribution is -0.109. The smallest absolute Gasteiger partial charge is 0.174 e. The van der Waals surface area contributed by atoms with E-state index in [0.29, 0.717) is 5.75 Å². The average molecular weight is 206 g/mol. The second-order valence-corrected chi connectivity index (χ2v) is 3.42. The number of aromatic hydroxyl groups is 1. The first-order valence-corrected chi connectivity index (χ1v) is 4.68. The molecule has 0 radical (unpaired) electrons. The Morgan fingerprint density at radius 2 is 2.33 bits per heavy atom. The van der Waals surface area contributed by atoms with E-state index in [2.05, 4.69) is 0 Å². The molecule has 1 aromatic rings. The summed E-state index contributed by atoms with van der Waals surface area (Å²) in [6.07, 6.45) is 0.667. The third kappa shape index (κ3) is 1.70. The highest BCUT2D eigenvalue weighted by Gasteiger charge is 2.28. The maximum absolute atomic E-state index is 11.6. The van der Waals surface area contributed by atoms with Crippen LogP contribution in [0.2, 0.25) is 0 Å². The molecule has 1 atom stereocenters. The summed E-state index contributed by atoms with van der Waals surface area (Å²) in [4.78, 5) is 22.0. The lowest BCUT2D eigenvalue weighted by atomic mass is 9.98. The minimum Gasteiger partial charge on any atom is -0.507 e. The van der Waals surface area contributed by atoms with Gasteiger partial charge in [0.05, 0.1) is 0 Å². The topological polar surface area (TPSA) is 63.6 Å². The van der Waals surface area contributed by atoms with E-state index in [-0.39, 0.29) is 29.9 Å². The molecule has 4 heteroatoms. The zero-order valence-corrected chi connectivity index (χ0v) is 7.97. The molecule has 1 N–H and O–H groups in total. The van der Waals surface area contributed by atoms with Crippen LogP contribution in [-0.2, 0) is 4.79 Å². The van der Waals surface area contributed by atoms with Crippen molar-refractivity contribution in [1.29, 1.82) is 0 Å². The van der Waals surface area contributed by atoms with Gasteiger partial charge in [0, 0.05) is 12.8 Å². The minimum absolute atomic E-state index is 0.0675. The van der Waals surface area contributed by atoms with Crippen molar-refractivity contribution in [2.24, 2.45) is 0 Å². The summed E-state index contributed by atoms with van der Waals surface area (Å²) in [5, 5.41) is 9.47. The number of hydrogen-bond donors (Lipinski definition) is 1. The largest absolute Gasteiger partial charge is 0.507 e. The second-order valence-electron chi connectivity index (χ2n) is 3.42. The molecule has 1 aliphatic heterocycles. The SMILES string of the molecule is O=CCC1CC(=O)c2c(O)cccc2O1. The number of phenols is 1. The van der Waals surface area contributed by atoms with Crippen LogP contribution in [0, 0.1) is 0 Å². The van der Waals surface area contributed by atoms with Gasteiger partial charge in [-0.2, -0.15) is 0 Å². The summed E-state index contributed by atoms with van der Waals surface area (Å²) in [7, 11) is 0. The number of carbonyl (C=O) groups is 2. The molecule has 0 spiro atoms. The van der Waals surface area contributed by atoms with E-state index in [1.807, 2.05) is 0 Å². The quantitative estimate of drug-likeness (QED) is 0.741. The van der Waals surface area contributed by atoms with Gasteiger partial charge < -0.3 is 14.6 Å². The summed E-state index contributed by atoms with van der Waals surface area (Å²) < 4.78 is 5.41. The lowest BCUT2D eigenvalue weighted by Gasteiger charge is -2.24. The van der Waals surface area contributed by atoms with Crippen LogP contribution in [-0.4, -0.2) is 23.3 Å². The first-order chi connectivity index (χ1) is 7.22. The van der Waals surface area contributed by atoms with Gasteiger partial charge in [0.2, 0.25) is 0 Å². The molecule has 0 amide bonds. The van der Waals surface area contributed by atoms with Crippen LogP contribution in [0.1, 0.15) is 23.2 Å². The fourth-order valence-electron chi connectivity index (χ4n) is 1.67. The van der Waals surface area contributed by atoms with Crippen LogP contribution in [0.4, 0.5) is 0 Å². The summed E-state index contributed by atoms with van der Waals surface area (Å²) in [6.45, 7) is 0. The summed E-state index contributed by atoms with van der Waals surface area (Å²) >= 11 is 0. The van der Waals surface area contributed by atoms with Crippen molar-refractivity contribution in [3.63, 3.8) is 0 Å². The number of fused-ring (bicyclic) bond motifs is 1. The summed E-state index contributed by atoms with van der Waals surface area (Å²) in [5.74, 6) is 0.112. The fraction of sp³-hybridized carbons (Fsp3) is 0.273. The molecule has 0 aromatic heterocycles. The molecule has 0 aliphatic carbocycles. The monoisotopic (exact) mass is 206 g/mol. The molecule has 0 bridgehead atoms. The van der Waals surface area contributed by atoms with Crippen molar-refractivity contribution in [2.75, 3.05) is 0 Å². The van der Waals surface area contributed by atoms with Crippen LogP contribution in [0.5, 0.6) is 11.5 Å². The van der Waals surface area contributed by atoms with Gasteiger partial charge >= 0.3 is 0 Å². The van der Waals surface area contributed by atoms with Crippen LogP contribution >= 0.6 is 0 Å². The number of Topliss-reactive ketones (excluding diaryl/α,β-unsaturated/α-hetero) is 1. The molecule has 1 unspecified atom stereocenters. The molecule has 4 nitrogen and oxygen atoms in total. The van der Waals surface area contributed by atoms with Gasteiger partial charge in [0.25, 0.3) is 0 Å². The van der Waals surface area contributed by atoms with E-state index in [1.54, 1.807) is 12.1 Å². The molecular weight excluding hydrogens is 196 g/mol. The number of benzene rings is 1. The molecule has 0 saturated carbocycles. The number of ether oxygens (including phenoxy) is 1. The number of aldehydes is 1. The van der Waals surface area contributed by atoms with E-state index in [1.165, 1.54) is 6.07 Å². The number of rotatable bonds is 2. The second kappa shape index (κ2) is 3.73. The Hall–Kier alpha value is -1.84. The summed E-state index contributed by atoms with van der Waals surface area (Å²) in [6, 6.07) is 4.66. The van der Waals surface area contributed by atoms with Crippen LogP contribution in [0.15, 0.2) is 18.2 Å². The highest BCUT2D eigenvalue weighted by Crippen LogP contribution is 2.34. The minimum atomic E-state index is -0.399.